The van der Waals surface area contributed by atoms with E-state index in [9.17, 15) is 14.7 Å². The van der Waals surface area contributed by atoms with Crippen LogP contribution < -0.4 is 20.7 Å². The molecule has 4 atom stereocenters. The van der Waals surface area contributed by atoms with Gasteiger partial charge in [0.1, 0.15) is 11.9 Å². The van der Waals surface area contributed by atoms with Gasteiger partial charge >= 0.3 is 6.03 Å². The van der Waals surface area contributed by atoms with Crippen molar-refractivity contribution in [3.63, 3.8) is 0 Å². The molecule has 4 N–H and O–H groups in total. The van der Waals surface area contributed by atoms with Crippen molar-refractivity contribution >= 4 is 17.6 Å². The number of anilines is 1. The Kier molecular flexibility index (Phi) is 8.24. The summed E-state index contributed by atoms with van der Waals surface area (Å²) in [6.07, 6.45) is 2.42. The van der Waals surface area contributed by atoms with E-state index >= 15 is 0 Å². The van der Waals surface area contributed by atoms with Crippen LogP contribution in [0.2, 0.25) is 0 Å². The molecule has 0 unspecified atom stereocenters. The number of carbonyl (C=O) groups excluding carboxylic acids is 2. The molecule has 8 heteroatoms. The van der Waals surface area contributed by atoms with Gasteiger partial charge in [0.15, 0.2) is 0 Å². The molecule has 2 aromatic carbocycles. The van der Waals surface area contributed by atoms with Gasteiger partial charge in [0.2, 0.25) is 5.91 Å². The number of aliphatic hydroxyl groups is 1. The van der Waals surface area contributed by atoms with Gasteiger partial charge in [-0.1, -0.05) is 54.6 Å². The topological polar surface area (TPSA) is 109 Å². The first-order valence-corrected chi connectivity index (χ1v) is 10.5. The number of hydrogen-bond acceptors (Lipinski definition) is 5. The van der Waals surface area contributed by atoms with Crippen LogP contribution in [0.15, 0.2) is 66.7 Å². The largest absolute Gasteiger partial charge is 0.495 e. The van der Waals surface area contributed by atoms with Crippen LogP contribution in [0.3, 0.4) is 0 Å². The molecular weight excluding hydrogens is 410 g/mol. The van der Waals surface area contributed by atoms with Crippen LogP contribution in [0.4, 0.5) is 10.5 Å². The van der Waals surface area contributed by atoms with Gasteiger partial charge in [-0.25, -0.2) is 4.79 Å². The first-order valence-electron chi connectivity index (χ1n) is 10.5. The Bertz CT molecular complexity index is 934. The highest BCUT2D eigenvalue weighted by Gasteiger charge is 2.29. The summed E-state index contributed by atoms with van der Waals surface area (Å²) in [5.41, 5.74) is 1.54. The molecule has 0 radical (unpaired) electrons. The van der Waals surface area contributed by atoms with E-state index in [1.165, 1.54) is 7.11 Å². The molecule has 170 valence electrons. The van der Waals surface area contributed by atoms with E-state index < -0.39 is 24.3 Å². The molecule has 8 nitrogen and oxygen atoms in total. The lowest BCUT2D eigenvalue weighted by Gasteiger charge is -2.32. The van der Waals surface area contributed by atoms with Gasteiger partial charge in [0, 0.05) is 0 Å². The summed E-state index contributed by atoms with van der Waals surface area (Å²) in [4.78, 5) is 24.8. The molecule has 3 rings (SSSR count). The lowest BCUT2D eigenvalue weighted by atomic mass is 10.0. The maximum atomic E-state index is 12.4. The van der Waals surface area contributed by atoms with Gasteiger partial charge in [-0.15, -0.1) is 0 Å². The third kappa shape index (κ3) is 6.32. The van der Waals surface area contributed by atoms with Crippen LogP contribution in [0.5, 0.6) is 5.75 Å². The monoisotopic (exact) mass is 439 g/mol. The zero-order chi connectivity index (χ0) is 22.9. The van der Waals surface area contributed by atoms with Crippen LogP contribution in [-0.4, -0.2) is 49.0 Å². The fourth-order valence-electron chi connectivity index (χ4n) is 3.50. The molecule has 0 aromatic heterocycles. The first kappa shape index (κ1) is 23.3. The third-order valence-electron chi connectivity index (χ3n) is 5.18. The predicted octanol–water partition coefficient (Wildman–Crippen LogP) is 2.77. The summed E-state index contributed by atoms with van der Waals surface area (Å²) in [6.45, 7) is 1.62. The van der Waals surface area contributed by atoms with Crippen molar-refractivity contribution in [2.24, 2.45) is 0 Å². The lowest BCUT2D eigenvalue weighted by Crippen LogP contribution is -2.50. The molecular formula is C24H29N3O5. The number of nitrogens with one attached hydrogen (secondary N) is 3. The molecule has 1 heterocycles. The van der Waals surface area contributed by atoms with E-state index in [1.54, 1.807) is 36.4 Å². The van der Waals surface area contributed by atoms with Crippen LogP contribution in [0.25, 0.3) is 0 Å². The molecule has 2 aromatic rings. The fourth-order valence-corrected chi connectivity index (χ4v) is 3.50. The van der Waals surface area contributed by atoms with E-state index in [2.05, 4.69) is 16.0 Å². The first-order chi connectivity index (χ1) is 15.5. The van der Waals surface area contributed by atoms with Crippen molar-refractivity contribution < 1.29 is 24.2 Å². The number of urea groups is 1. The van der Waals surface area contributed by atoms with Gasteiger partial charge in [0.05, 0.1) is 44.0 Å². The van der Waals surface area contributed by atoms with Crippen molar-refractivity contribution in [1.29, 1.82) is 0 Å². The number of amides is 3. The number of hydrogen-bond donors (Lipinski definition) is 4. The molecule has 0 fully saturated rings. The minimum absolute atomic E-state index is 0.115. The molecule has 1 aliphatic heterocycles. The zero-order valence-corrected chi connectivity index (χ0v) is 18.2. The van der Waals surface area contributed by atoms with E-state index in [0.717, 1.165) is 5.56 Å². The minimum atomic E-state index is -0.673. The molecule has 0 saturated carbocycles. The van der Waals surface area contributed by atoms with Gasteiger partial charge in [-0.2, -0.15) is 0 Å². The number of benzene rings is 2. The van der Waals surface area contributed by atoms with E-state index in [-0.39, 0.29) is 25.0 Å². The molecule has 0 saturated heterocycles. The summed E-state index contributed by atoms with van der Waals surface area (Å²) >= 11 is 0. The maximum absolute atomic E-state index is 12.4. The SMILES string of the molecule is COc1ccccc1NC(=O)N[C@@H]1C=C[C@@H](CC(=O)N[C@@H](C)c2ccccc2)O[C@H]1CO. The molecule has 0 bridgehead atoms. The lowest BCUT2D eigenvalue weighted by molar-refractivity contribution is -0.125. The number of para-hydroxylation sites is 2. The highest BCUT2D eigenvalue weighted by molar-refractivity contribution is 5.91. The Labute approximate surface area is 187 Å². The number of aliphatic hydroxyl groups excluding tert-OH is 1. The van der Waals surface area contributed by atoms with E-state index in [1.807, 2.05) is 37.3 Å². The summed E-state index contributed by atoms with van der Waals surface area (Å²) in [5.74, 6) is 0.376. The van der Waals surface area contributed by atoms with Crippen LogP contribution >= 0.6 is 0 Å². The highest BCUT2D eigenvalue weighted by Crippen LogP contribution is 2.23. The number of rotatable bonds is 8. The maximum Gasteiger partial charge on any atom is 0.319 e. The van der Waals surface area contributed by atoms with Crippen LogP contribution in [0, 0.1) is 0 Å². The normalized spacial score (nSPS) is 20.8. The van der Waals surface area contributed by atoms with E-state index in [4.69, 9.17) is 9.47 Å². The highest BCUT2D eigenvalue weighted by atomic mass is 16.5. The van der Waals surface area contributed by atoms with Crippen LogP contribution in [-0.2, 0) is 9.53 Å². The van der Waals surface area contributed by atoms with Crippen LogP contribution in [0.1, 0.15) is 24.9 Å². The van der Waals surface area contributed by atoms with Crippen molar-refractivity contribution in [2.75, 3.05) is 19.0 Å². The summed E-state index contributed by atoms with van der Waals surface area (Å²) in [6, 6.07) is 15.6. The van der Waals surface area contributed by atoms with E-state index in [0.29, 0.717) is 11.4 Å². The second kappa shape index (κ2) is 11.3. The third-order valence-corrected chi connectivity index (χ3v) is 5.18. The second-order valence-corrected chi connectivity index (χ2v) is 7.51. The van der Waals surface area contributed by atoms with Gasteiger partial charge < -0.3 is 30.5 Å². The summed E-state index contributed by atoms with van der Waals surface area (Å²) in [7, 11) is 1.52. The standard InChI is InChI=1S/C24H29N3O5/c1-16(17-8-4-3-5-9-17)25-23(29)14-18-12-13-20(22(15-28)32-18)27-24(30)26-19-10-6-7-11-21(19)31-2/h3-13,16,18,20,22,28H,14-15H2,1-2H3,(H,25,29)(H2,26,27,30)/t16-,18-,20+,22-/m0/s1. The Morgan fingerprint density at radius 3 is 2.53 bits per heavy atom. The summed E-state index contributed by atoms with van der Waals surface area (Å²) in [5, 5.41) is 18.2. The van der Waals surface area contributed by atoms with Gasteiger partial charge in [-0.05, 0) is 24.6 Å². The second-order valence-electron chi connectivity index (χ2n) is 7.51. The van der Waals surface area contributed by atoms with Crippen molar-refractivity contribution in [3.05, 3.63) is 72.3 Å². The average molecular weight is 440 g/mol. The smallest absolute Gasteiger partial charge is 0.319 e. The van der Waals surface area contributed by atoms with Crippen molar-refractivity contribution in [3.8, 4) is 5.75 Å². The number of ether oxygens (including phenoxy) is 2. The summed E-state index contributed by atoms with van der Waals surface area (Å²) < 4.78 is 11.1. The van der Waals surface area contributed by atoms with Gasteiger partial charge in [0.25, 0.3) is 0 Å². The number of methoxy groups -OCH3 is 1. The average Bonchev–Trinajstić information content (AvgIpc) is 2.80. The Morgan fingerprint density at radius 1 is 1.09 bits per heavy atom. The predicted molar refractivity (Wildman–Crippen MR) is 121 cm³/mol. The minimum Gasteiger partial charge on any atom is -0.495 e. The Balaban J connectivity index is 1.53. The molecule has 0 aliphatic carbocycles. The Hall–Kier alpha value is -3.36. The molecule has 0 spiro atoms. The van der Waals surface area contributed by atoms with Gasteiger partial charge in [-0.3, -0.25) is 4.79 Å². The molecule has 1 aliphatic rings. The quantitative estimate of drug-likeness (QED) is 0.473. The zero-order valence-electron chi connectivity index (χ0n) is 18.2. The fraction of sp³-hybridized carbons (Fsp3) is 0.333. The van der Waals surface area contributed by atoms with Crippen molar-refractivity contribution in [1.82, 2.24) is 10.6 Å². The molecule has 32 heavy (non-hydrogen) atoms. The Morgan fingerprint density at radius 2 is 1.81 bits per heavy atom. The molecule has 3 amide bonds. The van der Waals surface area contributed by atoms with Crippen molar-refractivity contribution in [2.45, 2.75) is 37.6 Å². The number of carbonyl (C=O) groups is 2.